The van der Waals surface area contributed by atoms with E-state index >= 15 is 0 Å². The molecule has 1 aromatic carbocycles. The molecule has 0 spiro atoms. The highest BCUT2D eigenvalue weighted by Gasteiger charge is 2.13. The van der Waals surface area contributed by atoms with Gasteiger partial charge in [0.05, 0.1) is 17.5 Å². The summed E-state index contributed by atoms with van der Waals surface area (Å²) in [4.78, 5) is 14.5. The van der Waals surface area contributed by atoms with Crippen LogP contribution in [0.5, 0.6) is 5.88 Å². The first kappa shape index (κ1) is 12.1. The molecule has 0 amide bonds. The Kier molecular flexibility index (Phi) is 2.79. The predicted octanol–water partition coefficient (Wildman–Crippen LogP) is 2.54. The van der Waals surface area contributed by atoms with Crippen LogP contribution in [0.25, 0.3) is 22.2 Å². The minimum atomic E-state index is -0.427. The van der Waals surface area contributed by atoms with Crippen LogP contribution in [0, 0.1) is 10.1 Å². The molecule has 0 radical (unpaired) electrons. The van der Waals surface area contributed by atoms with Gasteiger partial charge in [-0.15, -0.1) is 0 Å². The van der Waals surface area contributed by atoms with E-state index in [2.05, 4.69) is 15.2 Å². The van der Waals surface area contributed by atoms with Crippen LogP contribution in [0.15, 0.2) is 36.5 Å². The van der Waals surface area contributed by atoms with E-state index in [9.17, 15) is 10.1 Å². The van der Waals surface area contributed by atoms with Crippen LogP contribution in [-0.2, 0) is 0 Å². The third-order valence-corrected chi connectivity index (χ3v) is 2.97. The topological polar surface area (TPSA) is 93.9 Å². The summed E-state index contributed by atoms with van der Waals surface area (Å²) in [5.41, 5.74) is 2.18. The van der Waals surface area contributed by atoms with E-state index in [-0.39, 0.29) is 5.69 Å². The van der Waals surface area contributed by atoms with Gasteiger partial charge in [-0.3, -0.25) is 15.2 Å². The molecule has 3 aromatic rings. The fourth-order valence-corrected chi connectivity index (χ4v) is 2.00. The number of aromatic amines is 1. The summed E-state index contributed by atoms with van der Waals surface area (Å²) in [6, 6.07) is 8.09. The van der Waals surface area contributed by atoms with Gasteiger partial charge in [-0.25, -0.2) is 4.98 Å². The molecule has 1 N–H and O–H groups in total. The lowest BCUT2D eigenvalue weighted by Crippen LogP contribution is -1.89. The molecule has 0 saturated heterocycles. The highest BCUT2D eigenvalue weighted by atomic mass is 16.6. The molecule has 0 bridgehead atoms. The second-order valence-corrected chi connectivity index (χ2v) is 4.15. The lowest BCUT2D eigenvalue weighted by Gasteiger charge is -2.01. The Bertz CT molecular complexity index is 797. The summed E-state index contributed by atoms with van der Waals surface area (Å²) in [6.07, 6.45) is 1.60. The molecule has 0 unspecified atom stereocenters. The molecule has 100 valence electrons. The normalized spacial score (nSPS) is 10.7. The molecule has 7 nitrogen and oxygen atoms in total. The number of rotatable bonds is 3. The summed E-state index contributed by atoms with van der Waals surface area (Å²) in [6.45, 7) is 0. The number of aromatic nitrogens is 3. The molecular formula is C13H10N4O3. The third kappa shape index (κ3) is 1.95. The summed E-state index contributed by atoms with van der Waals surface area (Å²) < 4.78 is 5.07. The van der Waals surface area contributed by atoms with Crippen molar-refractivity contribution in [3.63, 3.8) is 0 Å². The van der Waals surface area contributed by atoms with Crippen molar-refractivity contribution in [3.8, 4) is 17.1 Å². The Balaban J connectivity index is 2.20. The number of ether oxygens (including phenoxy) is 1. The van der Waals surface area contributed by atoms with Gasteiger partial charge in [0.1, 0.15) is 5.69 Å². The number of nitro benzene ring substituents is 1. The average molecular weight is 270 g/mol. The van der Waals surface area contributed by atoms with Crippen LogP contribution in [0.4, 0.5) is 5.69 Å². The van der Waals surface area contributed by atoms with E-state index in [1.165, 1.54) is 19.2 Å². The largest absolute Gasteiger partial charge is 0.481 e. The maximum absolute atomic E-state index is 10.9. The molecule has 0 saturated carbocycles. The van der Waals surface area contributed by atoms with Gasteiger partial charge in [0.2, 0.25) is 5.88 Å². The number of fused-ring (bicyclic) bond motifs is 1. The van der Waals surface area contributed by atoms with Crippen molar-refractivity contribution in [1.29, 1.82) is 0 Å². The van der Waals surface area contributed by atoms with Gasteiger partial charge in [0, 0.05) is 35.3 Å². The number of methoxy groups -OCH3 is 1. The number of hydrogen-bond acceptors (Lipinski definition) is 5. The Hall–Kier alpha value is -2.96. The summed E-state index contributed by atoms with van der Waals surface area (Å²) >= 11 is 0. The summed E-state index contributed by atoms with van der Waals surface area (Å²) in [7, 11) is 1.53. The molecule has 0 fully saturated rings. The van der Waals surface area contributed by atoms with E-state index in [0.29, 0.717) is 17.0 Å². The average Bonchev–Trinajstić information content (AvgIpc) is 2.90. The zero-order valence-electron chi connectivity index (χ0n) is 10.5. The molecular weight excluding hydrogens is 260 g/mol. The van der Waals surface area contributed by atoms with E-state index < -0.39 is 4.92 Å². The number of non-ortho nitro benzene ring substituents is 1. The Morgan fingerprint density at radius 1 is 1.30 bits per heavy atom. The third-order valence-electron chi connectivity index (χ3n) is 2.97. The van der Waals surface area contributed by atoms with Crippen molar-refractivity contribution in [1.82, 2.24) is 15.2 Å². The van der Waals surface area contributed by atoms with Gasteiger partial charge in [0.25, 0.3) is 5.69 Å². The molecule has 0 atom stereocenters. The van der Waals surface area contributed by atoms with Gasteiger partial charge < -0.3 is 4.74 Å². The number of hydrogen-bond donors (Lipinski definition) is 1. The van der Waals surface area contributed by atoms with Gasteiger partial charge in [-0.1, -0.05) is 0 Å². The van der Waals surface area contributed by atoms with Crippen molar-refractivity contribution in [2.45, 2.75) is 0 Å². The highest BCUT2D eigenvalue weighted by Crippen LogP contribution is 2.30. The number of nitro groups is 1. The van der Waals surface area contributed by atoms with E-state index in [1.807, 2.05) is 0 Å². The number of benzene rings is 1. The van der Waals surface area contributed by atoms with Crippen molar-refractivity contribution >= 4 is 16.6 Å². The van der Waals surface area contributed by atoms with Gasteiger partial charge >= 0.3 is 0 Å². The monoisotopic (exact) mass is 270 g/mol. The standard InChI is InChI=1S/C13H10N4O3/c1-20-12-6-8(4-5-14-12)13-10-7-9(17(18)19)2-3-11(10)15-16-13/h2-7H,1H3,(H,15,16). The fraction of sp³-hybridized carbons (Fsp3) is 0.0769. The number of pyridine rings is 1. The molecule has 3 rings (SSSR count). The lowest BCUT2D eigenvalue weighted by molar-refractivity contribution is -0.384. The molecule has 7 heteroatoms. The van der Waals surface area contributed by atoms with Crippen LogP contribution >= 0.6 is 0 Å². The maximum atomic E-state index is 10.9. The quantitative estimate of drug-likeness (QED) is 0.583. The predicted molar refractivity (Wildman–Crippen MR) is 72.5 cm³/mol. The van der Waals surface area contributed by atoms with Crippen molar-refractivity contribution in [2.24, 2.45) is 0 Å². The van der Waals surface area contributed by atoms with Gasteiger partial charge in [-0.05, 0) is 12.1 Å². The fourth-order valence-electron chi connectivity index (χ4n) is 2.00. The second-order valence-electron chi connectivity index (χ2n) is 4.15. The first-order valence-electron chi connectivity index (χ1n) is 5.82. The molecule has 2 heterocycles. The van der Waals surface area contributed by atoms with Crippen molar-refractivity contribution < 1.29 is 9.66 Å². The highest BCUT2D eigenvalue weighted by molar-refractivity contribution is 5.94. The number of H-pyrrole nitrogens is 1. The summed E-state index contributed by atoms with van der Waals surface area (Å²) in [5, 5.41) is 18.6. The first-order chi connectivity index (χ1) is 9.69. The van der Waals surface area contributed by atoms with Crippen LogP contribution in [0.2, 0.25) is 0 Å². The smallest absolute Gasteiger partial charge is 0.270 e. The minimum Gasteiger partial charge on any atom is -0.481 e. The molecule has 20 heavy (non-hydrogen) atoms. The SMILES string of the molecule is COc1cc(-c2n[nH]c3ccc([N+](=O)[O-])cc23)ccn1. The van der Waals surface area contributed by atoms with Crippen molar-refractivity contribution in [3.05, 3.63) is 46.6 Å². The van der Waals surface area contributed by atoms with E-state index in [1.54, 1.807) is 24.4 Å². The van der Waals surface area contributed by atoms with E-state index in [0.717, 1.165) is 11.1 Å². The molecule has 0 aliphatic heterocycles. The Morgan fingerprint density at radius 3 is 2.90 bits per heavy atom. The number of nitrogens with zero attached hydrogens (tertiary/aromatic N) is 3. The minimum absolute atomic E-state index is 0.0289. The zero-order valence-corrected chi connectivity index (χ0v) is 10.5. The molecule has 0 aliphatic rings. The molecule has 2 aromatic heterocycles. The maximum Gasteiger partial charge on any atom is 0.270 e. The Labute approximate surface area is 113 Å². The van der Waals surface area contributed by atoms with Crippen LogP contribution in [0.1, 0.15) is 0 Å². The van der Waals surface area contributed by atoms with Crippen LogP contribution in [0.3, 0.4) is 0 Å². The van der Waals surface area contributed by atoms with Crippen LogP contribution < -0.4 is 4.74 Å². The van der Waals surface area contributed by atoms with E-state index in [4.69, 9.17) is 4.74 Å². The van der Waals surface area contributed by atoms with Crippen molar-refractivity contribution in [2.75, 3.05) is 7.11 Å². The molecule has 0 aliphatic carbocycles. The van der Waals surface area contributed by atoms with Gasteiger partial charge in [-0.2, -0.15) is 5.10 Å². The second kappa shape index (κ2) is 4.61. The lowest BCUT2D eigenvalue weighted by atomic mass is 10.1. The van der Waals surface area contributed by atoms with Crippen LogP contribution in [-0.4, -0.2) is 27.2 Å². The summed E-state index contributed by atoms with van der Waals surface area (Å²) in [5.74, 6) is 0.462. The zero-order chi connectivity index (χ0) is 14.1. The van der Waals surface area contributed by atoms with Gasteiger partial charge in [0.15, 0.2) is 0 Å². The first-order valence-corrected chi connectivity index (χ1v) is 5.82. The Morgan fingerprint density at radius 2 is 2.15 bits per heavy atom. The number of nitrogens with one attached hydrogen (secondary N) is 1.